The summed E-state index contributed by atoms with van der Waals surface area (Å²) < 4.78 is 0. The van der Waals surface area contributed by atoms with Crippen molar-refractivity contribution in [3.8, 4) is 0 Å². The van der Waals surface area contributed by atoms with E-state index in [-0.39, 0.29) is 12.1 Å². The number of carbonyl (C=O) groups excluding carboxylic acids is 1. The Morgan fingerprint density at radius 2 is 2.30 bits per heavy atom. The summed E-state index contributed by atoms with van der Waals surface area (Å²) in [5.41, 5.74) is 2.59. The molecule has 1 aliphatic rings. The number of likely N-dealkylation sites (tertiary alicyclic amines) is 1. The van der Waals surface area contributed by atoms with Crippen molar-refractivity contribution in [3.05, 3.63) is 40.4 Å². The molecular formula is C13H13ClN4OS. The van der Waals surface area contributed by atoms with Gasteiger partial charge < -0.3 is 4.90 Å². The summed E-state index contributed by atoms with van der Waals surface area (Å²) in [7, 11) is 0. The fraction of sp³-hybridized carbons (Fsp3) is 0.308. The van der Waals surface area contributed by atoms with E-state index in [0.29, 0.717) is 10.2 Å². The smallest absolute Gasteiger partial charge is 0.317 e. The van der Waals surface area contributed by atoms with Crippen molar-refractivity contribution < 1.29 is 4.79 Å². The number of rotatable bonds is 2. The maximum absolute atomic E-state index is 12.3. The van der Waals surface area contributed by atoms with E-state index in [1.165, 1.54) is 11.3 Å². The van der Waals surface area contributed by atoms with Crippen LogP contribution in [0.1, 0.15) is 24.4 Å². The zero-order chi connectivity index (χ0) is 13.9. The van der Waals surface area contributed by atoms with Crippen LogP contribution >= 0.6 is 22.9 Å². The minimum atomic E-state index is -0.149. The number of nitrogens with one attached hydrogen (secondary N) is 1. The number of urea groups is 1. The lowest BCUT2D eigenvalue weighted by atomic mass is 10.0. The van der Waals surface area contributed by atoms with Crippen LogP contribution in [-0.4, -0.2) is 27.7 Å². The molecule has 1 aliphatic heterocycles. The van der Waals surface area contributed by atoms with E-state index in [0.717, 1.165) is 24.9 Å². The number of carbonyl (C=O) groups is 1. The van der Waals surface area contributed by atoms with Gasteiger partial charge in [-0.3, -0.25) is 5.32 Å². The van der Waals surface area contributed by atoms with Crippen molar-refractivity contribution in [1.82, 2.24) is 15.1 Å². The standard InChI is InChI=1S/C13H13ClN4OS/c14-10-5-2-1-4-9(10)11-6-3-7-18(11)13(19)16-12-17-15-8-20-12/h1-2,4-5,8,11H,3,6-7H2,(H,16,17,19)/t11-/m1/s1. The highest BCUT2D eigenvalue weighted by molar-refractivity contribution is 7.13. The highest BCUT2D eigenvalue weighted by Crippen LogP contribution is 2.35. The molecule has 2 heterocycles. The molecule has 0 saturated carbocycles. The molecular weight excluding hydrogens is 296 g/mol. The summed E-state index contributed by atoms with van der Waals surface area (Å²) in [4.78, 5) is 14.1. The van der Waals surface area contributed by atoms with Crippen LogP contribution in [0.25, 0.3) is 0 Å². The predicted molar refractivity (Wildman–Crippen MR) is 79.1 cm³/mol. The third-order valence-corrected chi connectivity index (χ3v) is 4.30. The second kappa shape index (κ2) is 5.76. The molecule has 2 aromatic rings. The summed E-state index contributed by atoms with van der Waals surface area (Å²) in [6.45, 7) is 0.723. The van der Waals surface area contributed by atoms with Gasteiger partial charge in [-0.1, -0.05) is 41.1 Å². The predicted octanol–water partition coefficient (Wildman–Crippen LogP) is 3.56. The van der Waals surface area contributed by atoms with E-state index in [4.69, 9.17) is 11.6 Å². The molecule has 0 aliphatic carbocycles. The Bertz CT molecular complexity index is 604. The van der Waals surface area contributed by atoms with E-state index in [9.17, 15) is 4.79 Å². The molecule has 5 nitrogen and oxygen atoms in total. The van der Waals surface area contributed by atoms with Crippen LogP contribution in [0.5, 0.6) is 0 Å². The summed E-state index contributed by atoms with van der Waals surface area (Å²) in [5.74, 6) is 0. The maximum atomic E-state index is 12.3. The lowest BCUT2D eigenvalue weighted by Crippen LogP contribution is -2.34. The third-order valence-electron chi connectivity index (χ3n) is 3.35. The molecule has 7 heteroatoms. The molecule has 1 N–H and O–H groups in total. The lowest BCUT2D eigenvalue weighted by Gasteiger charge is -2.25. The van der Waals surface area contributed by atoms with E-state index < -0.39 is 0 Å². The van der Waals surface area contributed by atoms with Gasteiger partial charge in [-0.2, -0.15) is 0 Å². The van der Waals surface area contributed by atoms with Gasteiger partial charge >= 0.3 is 6.03 Å². The molecule has 1 atom stereocenters. The third kappa shape index (κ3) is 2.62. The first-order valence-electron chi connectivity index (χ1n) is 6.34. The van der Waals surface area contributed by atoms with Crippen LogP contribution in [0.3, 0.4) is 0 Å². The number of anilines is 1. The van der Waals surface area contributed by atoms with Gasteiger partial charge in [0.25, 0.3) is 0 Å². The summed E-state index contributed by atoms with van der Waals surface area (Å²) in [6.07, 6.45) is 1.90. The Labute approximate surface area is 125 Å². The summed E-state index contributed by atoms with van der Waals surface area (Å²) >= 11 is 7.54. The SMILES string of the molecule is O=C(Nc1nncs1)N1CCC[C@@H]1c1ccccc1Cl. The fourth-order valence-corrected chi connectivity index (χ4v) is 3.17. The molecule has 0 unspecified atom stereocenters. The van der Waals surface area contributed by atoms with Crippen molar-refractivity contribution in [2.75, 3.05) is 11.9 Å². The van der Waals surface area contributed by atoms with E-state index in [1.54, 1.807) is 5.51 Å². The molecule has 0 spiro atoms. The normalized spacial score (nSPS) is 18.2. The lowest BCUT2D eigenvalue weighted by molar-refractivity contribution is 0.207. The van der Waals surface area contributed by atoms with Crippen molar-refractivity contribution in [3.63, 3.8) is 0 Å². The molecule has 3 rings (SSSR count). The van der Waals surface area contributed by atoms with Gasteiger partial charge in [0, 0.05) is 11.6 Å². The van der Waals surface area contributed by atoms with Gasteiger partial charge in [-0.25, -0.2) is 4.79 Å². The van der Waals surface area contributed by atoms with Crippen molar-refractivity contribution in [1.29, 1.82) is 0 Å². The molecule has 20 heavy (non-hydrogen) atoms. The van der Waals surface area contributed by atoms with Crippen LogP contribution in [0.15, 0.2) is 29.8 Å². The number of nitrogens with zero attached hydrogens (tertiary/aromatic N) is 3. The Morgan fingerprint density at radius 3 is 3.05 bits per heavy atom. The van der Waals surface area contributed by atoms with E-state index in [2.05, 4.69) is 15.5 Å². The first kappa shape index (κ1) is 13.3. The Morgan fingerprint density at radius 1 is 1.45 bits per heavy atom. The van der Waals surface area contributed by atoms with Crippen LogP contribution < -0.4 is 5.32 Å². The Hall–Kier alpha value is -1.66. The van der Waals surface area contributed by atoms with Gasteiger partial charge in [-0.05, 0) is 24.5 Å². The van der Waals surface area contributed by atoms with Crippen molar-refractivity contribution in [2.45, 2.75) is 18.9 Å². The maximum Gasteiger partial charge on any atom is 0.324 e. The number of hydrogen-bond acceptors (Lipinski definition) is 4. The molecule has 0 bridgehead atoms. The van der Waals surface area contributed by atoms with E-state index in [1.807, 2.05) is 29.2 Å². The molecule has 1 saturated heterocycles. The van der Waals surface area contributed by atoms with Gasteiger partial charge in [0.1, 0.15) is 5.51 Å². The quantitative estimate of drug-likeness (QED) is 0.923. The van der Waals surface area contributed by atoms with Crippen LogP contribution in [0, 0.1) is 0 Å². The topological polar surface area (TPSA) is 58.1 Å². The van der Waals surface area contributed by atoms with Gasteiger partial charge in [-0.15, -0.1) is 10.2 Å². The van der Waals surface area contributed by atoms with Crippen molar-refractivity contribution in [2.24, 2.45) is 0 Å². The molecule has 1 aromatic heterocycles. The summed E-state index contributed by atoms with van der Waals surface area (Å²) in [6, 6.07) is 7.55. The van der Waals surface area contributed by atoms with Gasteiger partial charge in [0.15, 0.2) is 0 Å². The first-order chi connectivity index (χ1) is 9.75. The molecule has 1 fully saturated rings. The number of benzene rings is 1. The molecule has 0 radical (unpaired) electrons. The number of aromatic nitrogens is 2. The minimum Gasteiger partial charge on any atom is -0.317 e. The number of hydrogen-bond donors (Lipinski definition) is 1. The average molecular weight is 309 g/mol. The van der Waals surface area contributed by atoms with Crippen LogP contribution in [-0.2, 0) is 0 Å². The van der Waals surface area contributed by atoms with Crippen molar-refractivity contribution >= 4 is 34.1 Å². The highest BCUT2D eigenvalue weighted by atomic mass is 35.5. The highest BCUT2D eigenvalue weighted by Gasteiger charge is 2.31. The fourth-order valence-electron chi connectivity index (χ4n) is 2.47. The number of halogens is 1. The molecule has 2 amide bonds. The first-order valence-corrected chi connectivity index (χ1v) is 7.59. The Balaban J connectivity index is 1.79. The second-order valence-corrected chi connectivity index (χ2v) is 5.79. The zero-order valence-corrected chi connectivity index (χ0v) is 12.2. The summed E-state index contributed by atoms with van der Waals surface area (Å²) in [5, 5.41) is 11.5. The van der Waals surface area contributed by atoms with Gasteiger partial charge in [0.2, 0.25) is 5.13 Å². The second-order valence-electron chi connectivity index (χ2n) is 4.55. The minimum absolute atomic E-state index is 0.0246. The van der Waals surface area contributed by atoms with Crippen LogP contribution in [0.2, 0.25) is 5.02 Å². The molecule has 1 aromatic carbocycles. The van der Waals surface area contributed by atoms with E-state index >= 15 is 0 Å². The zero-order valence-electron chi connectivity index (χ0n) is 10.6. The monoisotopic (exact) mass is 308 g/mol. The average Bonchev–Trinajstić information content (AvgIpc) is 3.09. The largest absolute Gasteiger partial charge is 0.324 e. The molecule has 104 valence electrons. The Kier molecular flexibility index (Phi) is 3.84. The van der Waals surface area contributed by atoms with Crippen LogP contribution in [0.4, 0.5) is 9.93 Å². The number of amides is 2. The van der Waals surface area contributed by atoms with Gasteiger partial charge in [0.05, 0.1) is 6.04 Å².